The van der Waals surface area contributed by atoms with Crippen LogP contribution < -0.4 is 8.45 Å². The molecule has 1 aliphatic heterocycles. The summed E-state index contributed by atoms with van der Waals surface area (Å²) in [5.41, 5.74) is -1.01. The molecule has 0 spiro atoms. The van der Waals surface area contributed by atoms with Crippen LogP contribution in [0.25, 0.3) is 0 Å². The standard InChI is InChI=1S/C21H33N3O8S2/c1-14-12-22(5)19(25)15-10-9-11-16(24(33(7,27)28)34(8,29)30)18(15)31-17(14)13-23(6)20(26)32-21(2,3)4/h9-11,14,17H,12-13H2,1-8H3/t14-,17-/m0/s1. The molecule has 34 heavy (non-hydrogen) atoms. The number of sulfonamides is 2. The van der Waals surface area contributed by atoms with E-state index in [-0.39, 0.29) is 39.7 Å². The summed E-state index contributed by atoms with van der Waals surface area (Å²) in [7, 11) is -5.47. The van der Waals surface area contributed by atoms with Gasteiger partial charge in [-0.15, -0.1) is 0 Å². The van der Waals surface area contributed by atoms with E-state index in [4.69, 9.17) is 9.47 Å². The number of nitrogens with zero attached hydrogens (tertiary/aromatic N) is 3. The molecule has 13 heteroatoms. The van der Waals surface area contributed by atoms with Crippen molar-refractivity contribution in [1.29, 1.82) is 0 Å². The second-order valence-corrected chi connectivity index (χ2v) is 13.5. The van der Waals surface area contributed by atoms with E-state index in [1.165, 1.54) is 35.0 Å². The molecule has 0 saturated carbocycles. The summed E-state index contributed by atoms with van der Waals surface area (Å²) in [4.78, 5) is 28.3. The van der Waals surface area contributed by atoms with Crippen LogP contribution in [0.15, 0.2) is 18.2 Å². The number of likely N-dealkylation sites (N-methyl/N-ethyl adjacent to an activating group) is 1. The summed E-state index contributed by atoms with van der Waals surface area (Å²) in [5, 5.41) is 0. The first kappa shape index (κ1) is 27.7. The Morgan fingerprint density at radius 3 is 2.24 bits per heavy atom. The Kier molecular flexibility index (Phi) is 7.83. The van der Waals surface area contributed by atoms with Crippen LogP contribution in [0.5, 0.6) is 5.75 Å². The first-order valence-electron chi connectivity index (χ1n) is 10.5. The number of carbonyl (C=O) groups is 2. The Morgan fingerprint density at radius 1 is 1.18 bits per heavy atom. The summed E-state index contributed by atoms with van der Waals surface area (Å²) < 4.78 is 61.5. The van der Waals surface area contributed by atoms with E-state index in [0.29, 0.717) is 0 Å². The Hall–Kier alpha value is -2.54. The molecule has 0 bridgehead atoms. The van der Waals surface area contributed by atoms with Gasteiger partial charge in [0.15, 0.2) is 5.75 Å². The maximum atomic E-state index is 13.0. The molecule has 0 aliphatic carbocycles. The molecule has 11 nitrogen and oxygen atoms in total. The van der Waals surface area contributed by atoms with E-state index in [1.54, 1.807) is 27.8 Å². The largest absolute Gasteiger partial charge is 0.485 e. The van der Waals surface area contributed by atoms with Crippen LogP contribution in [0.1, 0.15) is 38.1 Å². The third-order valence-corrected chi connectivity index (χ3v) is 8.22. The highest BCUT2D eigenvalue weighted by atomic mass is 32.3. The van der Waals surface area contributed by atoms with Crippen molar-refractivity contribution in [1.82, 2.24) is 9.80 Å². The molecule has 1 aromatic rings. The van der Waals surface area contributed by atoms with Gasteiger partial charge in [-0.2, -0.15) is 3.71 Å². The zero-order chi connectivity index (χ0) is 26.2. The minimum atomic E-state index is -4.29. The minimum absolute atomic E-state index is 0.00845. The van der Waals surface area contributed by atoms with Crippen LogP contribution >= 0.6 is 0 Å². The molecule has 2 amide bonds. The van der Waals surface area contributed by atoms with Crippen LogP contribution in [0.2, 0.25) is 0 Å². The summed E-state index contributed by atoms with van der Waals surface area (Å²) in [6.07, 6.45) is 0.202. The normalized spacial score (nSPS) is 19.4. The molecule has 1 heterocycles. The first-order chi connectivity index (χ1) is 15.3. The predicted molar refractivity (Wildman–Crippen MR) is 128 cm³/mol. The number of para-hydroxylation sites is 1. The van der Waals surface area contributed by atoms with Crippen LogP contribution in [0, 0.1) is 5.92 Å². The molecule has 0 unspecified atom stereocenters. The van der Waals surface area contributed by atoms with E-state index in [1.807, 2.05) is 6.92 Å². The maximum absolute atomic E-state index is 13.0. The topological polar surface area (TPSA) is 131 Å². The number of hydrogen-bond acceptors (Lipinski definition) is 8. The van der Waals surface area contributed by atoms with Gasteiger partial charge in [0.25, 0.3) is 5.91 Å². The minimum Gasteiger partial charge on any atom is -0.485 e. The van der Waals surface area contributed by atoms with Crippen LogP contribution in [-0.2, 0) is 24.8 Å². The van der Waals surface area contributed by atoms with Crippen LogP contribution in [0.3, 0.4) is 0 Å². The highest BCUT2D eigenvalue weighted by Gasteiger charge is 2.37. The van der Waals surface area contributed by atoms with Crippen molar-refractivity contribution in [2.45, 2.75) is 39.4 Å². The number of amides is 2. The van der Waals surface area contributed by atoms with E-state index in [2.05, 4.69) is 0 Å². The van der Waals surface area contributed by atoms with Crippen LogP contribution in [0.4, 0.5) is 10.5 Å². The van der Waals surface area contributed by atoms with Gasteiger partial charge in [0.1, 0.15) is 17.4 Å². The average molecular weight is 520 g/mol. The van der Waals surface area contributed by atoms with E-state index in [0.717, 1.165) is 12.5 Å². The Bertz CT molecular complexity index is 1130. The SMILES string of the molecule is C[C@H]1CN(C)C(=O)c2cccc(N(S(C)(=O)=O)S(C)(=O)=O)c2O[C@H]1CN(C)C(=O)OC(C)(C)C. The van der Waals surface area contributed by atoms with Crippen molar-refractivity contribution in [3.63, 3.8) is 0 Å². The zero-order valence-electron chi connectivity index (χ0n) is 20.7. The quantitative estimate of drug-likeness (QED) is 0.575. The van der Waals surface area contributed by atoms with Gasteiger partial charge in [0, 0.05) is 26.6 Å². The highest BCUT2D eigenvalue weighted by molar-refractivity contribution is 8.09. The van der Waals surface area contributed by atoms with Crippen molar-refractivity contribution >= 4 is 37.7 Å². The third-order valence-electron chi connectivity index (χ3n) is 5.00. The average Bonchev–Trinajstić information content (AvgIpc) is 2.63. The predicted octanol–water partition coefficient (Wildman–Crippen LogP) is 1.75. The number of rotatable bonds is 5. The van der Waals surface area contributed by atoms with Crippen molar-refractivity contribution in [3.8, 4) is 5.75 Å². The van der Waals surface area contributed by atoms with Crippen molar-refractivity contribution in [2.75, 3.05) is 43.4 Å². The van der Waals surface area contributed by atoms with Gasteiger partial charge in [-0.3, -0.25) is 4.79 Å². The molecule has 0 saturated heterocycles. The molecule has 0 N–H and O–H groups in total. The summed E-state index contributed by atoms with van der Waals surface area (Å²) in [5.74, 6) is -0.945. The Morgan fingerprint density at radius 2 is 1.74 bits per heavy atom. The molecule has 2 rings (SSSR count). The first-order valence-corrected chi connectivity index (χ1v) is 14.2. The van der Waals surface area contributed by atoms with Crippen molar-refractivity contribution in [2.24, 2.45) is 5.92 Å². The molecule has 1 aliphatic rings. The lowest BCUT2D eigenvalue weighted by molar-refractivity contribution is 0.0152. The lowest BCUT2D eigenvalue weighted by Gasteiger charge is -2.36. The Labute approximate surface area is 201 Å². The fraction of sp³-hybridized carbons (Fsp3) is 0.619. The zero-order valence-corrected chi connectivity index (χ0v) is 22.4. The monoisotopic (exact) mass is 519 g/mol. The fourth-order valence-corrected chi connectivity index (χ4v) is 6.54. The second-order valence-electron chi connectivity index (χ2n) is 9.56. The molecule has 192 valence electrons. The van der Waals surface area contributed by atoms with Gasteiger partial charge in [0.2, 0.25) is 20.0 Å². The van der Waals surface area contributed by atoms with Gasteiger partial charge in [-0.25, -0.2) is 21.6 Å². The molecule has 0 radical (unpaired) electrons. The number of hydrogen-bond donors (Lipinski definition) is 0. The van der Waals surface area contributed by atoms with Gasteiger partial charge >= 0.3 is 6.09 Å². The highest BCUT2D eigenvalue weighted by Crippen LogP contribution is 2.38. The molecule has 0 fully saturated rings. The Balaban J connectivity index is 2.62. The van der Waals surface area contributed by atoms with Gasteiger partial charge in [0.05, 0.1) is 24.6 Å². The third kappa shape index (κ3) is 6.53. The second kappa shape index (κ2) is 9.61. The molecular formula is C21H33N3O8S2. The summed E-state index contributed by atoms with van der Waals surface area (Å²) in [6.45, 7) is 7.36. The summed E-state index contributed by atoms with van der Waals surface area (Å²) >= 11 is 0. The maximum Gasteiger partial charge on any atom is 0.410 e. The van der Waals surface area contributed by atoms with E-state index < -0.39 is 43.8 Å². The number of fused-ring (bicyclic) bond motifs is 1. The number of benzene rings is 1. The van der Waals surface area contributed by atoms with Crippen LogP contribution in [-0.4, -0.2) is 90.0 Å². The lowest BCUT2D eigenvalue weighted by Crippen LogP contribution is -2.47. The summed E-state index contributed by atoms with van der Waals surface area (Å²) in [6, 6.07) is 4.08. The smallest absolute Gasteiger partial charge is 0.410 e. The number of ether oxygens (including phenoxy) is 2. The molecule has 2 atom stereocenters. The molecule has 1 aromatic carbocycles. The van der Waals surface area contributed by atoms with E-state index >= 15 is 0 Å². The van der Waals surface area contributed by atoms with Crippen molar-refractivity contribution < 1.29 is 35.9 Å². The molecular weight excluding hydrogens is 486 g/mol. The lowest BCUT2D eigenvalue weighted by atomic mass is 10.0. The molecule has 0 aromatic heterocycles. The van der Waals surface area contributed by atoms with Gasteiger partial charge in [-0.05, 0) is 32.9 Å². The van der Waals surface area contributed by atoms with Gasteiger partial charge in [-0.1, -0.05) is 13.0 Å². The van der Waals surface area contributed by atoms with Gasteiger partial charge < -0.3 is 19.3 Å². The van der Waals surface area contributed by atoms with E-state index in [9.17, 15) is 26.4 Å². The number of carbonyl (C=O) groups excluding carboxylic acids is 2. The number of anilines is 1. The van der Waals surface area contributed by atoms with Crippen molar-refractivity contribution in [3.05, 3.63) is 23.8 Å². The fourth-order valence-electron chi connectivity index (χ4n) is 3.57.